The van der Waals surface area contributed by atoms with Crippen LogP contribution < -0.4 is 0 Å². The van der Waals surface area contributed by atoms with Gasteiger partial charge in [0, 0.05) is 0 Å². The Morgan fingerprint density at radius 3 is 2.35 bits per heavy atom. The Bertz CT molecular complexity index is 991. The standard InChI is InChI=1S/C28H36F6O3/c1-3-25-14-12-17-15-19(35)8-9-20(17)23(25)18(16-24(2)21(25)10-11-22(24)36)7-5-4-6-13-26(37,27(29,30)31)28(32,33)34/h3,8-9,15,18,21-23,35-37H,1,4-7,10-14,16H2,2H3/t18-,21+,22-,23+,24-,25-/m0/s1. The van der Waals surface area contributed by atoms with Crippen LogP contribution in [0.2, 0.25) is 0 Å². The van der Waals surface area contributed by atoms with Gasteiger partial charge in [-0.1, -0.05) is 31.9 Å². The van der Waals surface area contributed by atoms with Crippen LogP contribution in [0.15, 0.2) is 30.9 Å². The molecule has 0 saturated heterocycles. The minimum absolute atomic E-state index is 0.0414. The van der Waals surface area contributed by atoms with Crippen molar-refractivity contribution < 1.29 is 41.7 Å². The zero-order valence-electron chi connectivity index (χ0n) is 21.0. The highest BCUT2D eigenvalue weighted by molar-refractivity contribution is 5.43. The number of aliphatic hydroxyl groups excluding tert-OH is 1. The largest absolute Gasteiger partial charge is 0.508 e. The number of fused-ring (bicyclic) bond motifs is 5. The molecule has 3 aliphatic carbocycles. The molecule has 0 spiro atoms. The van der Waals surface area contributed by atoms with Gasteiger partial charge in [-0.2, -0.15) is 26.3 Å². The van der Waals surface area contributed by atoms with Gasteiger partial charge in [-0.15, -0.1) is 6.58 Å². The van der Waals surface area contributed by atoms with E-state index in [0.29, 0.717) is 25.7 Å². The van der Waals surface area contributed by atoms with Crippen molar-refractivity contribution in [1.82, 2.24) is 0 Å². The number of phenolic OH excluding ortho intramolecular Hbond substituents is 1. The van der Waals surface area contributed by atoms with Crippen LogP contribution in [0.5, 0.6) is 5.75 Å². The van der Waals surface area contributed by atoms with Gasteiger partial charge in [-0.05, 0) is 103 Å². The average Bonchev–Trinajstić information content (AvgIpc) is 3.11. The summed E-state index contributed by atoms with van der Waals surface area (Å²) in [5.41, 5.74) is -3.18. The van der Waals surface area contributed by atoms with E-state index in [-0.39, 0.29) is 40.8 Å². The number of hydrogen-bond donors (Lipinski definition) is 3. The van der Waals surface area contributed by atoms with E-state index in [1.54, 1.807) is 12.1 Å². The second kappa shape index (κ2) is 9.47. The summed E-state index contributed by atoms with van der Waals surface area (Å²) in [6, 6.07) is 5.35. The minimum atomic E-state index is -5.79. The van der Waals surface area contributed by atoms with Crippen molar-refractivity contribution in [2.75, 3.05) is 0 Å². The van der Waals surface area contributed by atoms with Crippen LogP contribution in [0, 0.1) is 22.7 Å². The number of aryl methyl sites for hydroxylation is 1. The number of unbranched alkanes of at least 4 members (excludes halogenated alkanes) is 2. The third-order valence-corrected chi connectivity index (χ3v) is 9.91. The Hall–Kier alpha value is -1.74. The zero-order chi connectivity index (χ0) is 27.4. The quantitative estimate of drug-likeness (QED) is 0.197. The molecule has 3 nitrogen and oxygen atoms in total. The van der Waals surface area contributed by atoms with E-state index in [1.165, 1.54) is 0 Å². The summed E-state index contributed by atoms with van der Waals surface area (Å²) in [5.74, 6) is 0.476. The number of rotatable bonds is 7. The fourth-order valence-electron chi connectivity index (χ4n) is 8.10. The van der Waals surface area contributed by atoms with Gasteiger partial charge in [0.15, 0.2) is 0 Å². The SMILES string of the molecule is C=C[C@@]12CCc3cc(O)ccc3[C@H]1[C@@H](CCCCCC(O)(C(F)(F)F)C(F)(F)F)C[C@@]1(C)[C@H]2CC[C@@H]1O. The van der Waals surface area contributed by atoms with Crippen molar-refractivity contribution in [3.63, 3.8) is 0 Å². The Morgan fingerprint density at radius 1 is 1.05 bits per heavy atom. The van der Waals surface area contributed by atoms with E-state index in [0.717, 1.165) is 30.4 Å². The first kappa shape index (κ1) is 28.3. The van der Waals surface area contributed by atoms with E-state index >= 15 is 0 Å². The molecule has 4 rings (SSSR count). The first-order chi connectivity index (χ1) is 17.1. The molecule has 1 aromatic rings. The molecule has 0 radical (unpaired) electrons. The van der Waals surface area contributed by atoms with Gasteiger partial charge in [0.2, 0.25) is 0 Å². The molecule has 37 heavy (non-hydrogen) atoms. The lowest BCUT2D eigenvalue weighted by atomic mass is 9.44. The van der Waals surface area contributed by atoms with E-state index in [9.17, 15) is 41.7 Å². The predicted molar refractivity (Wildman–Crippen MR) is 127 cm³/mol. The predicted octanol–water partition coefficient (Wildman–Crippen LogP) is 7.20. The highest BCUT2D eigenvalue weighted by Crippen LogP contribution is 2.69. The van der Waals surface area contributed by atoms with Gasteiger partial charge in [-0.3, -0.25) is 0 Å². The molecule has 0 aliphatic heterocycles. The minimum Gasteiger partial charge on any atom is -0.508 e. The first-order valence-corrected chi connectivity index (χ1v) is 13.1. The molecular weight excluding hydrogens is 498 g/mol. The summed E-state index contributed by atoms with van der Waals surface area (Å²) in [6.07, 6.45) is -6.96. The van der Waals surface area contributed by atoms with Crippen LogP contribution >= 0.6 is 0 Å². The number of alkyl halides is 6. The van der Waals surface area contributed by atoms with Gasteiger partial charge in [0.05, 0.1) is 6.10 Å². The first-order valence-electron chi connectivity index (χ1n) is 13.1. The Labute approximate surface area is 213 Å². The van der Waals surface area contributed by atoms with E-state index < -0.39 is 36.9 Å². The van der Waals surface area contributed by atoms with Gasteiger partial charge < -0.3 is 15.3 Å². The summed E-state index contributed by atoms with van der Waals surface area (Å²) in [7, 11) is 0. The van der Waals surface area contributed by atoms with Crippen LogP contribution in [-0.2, 0) is 6.42 Å². The molecule has 0 heterocycles. The molecule has 2 fully saturated rings. The molecule has 6 atom stereocenters. The molecule has 9 heteroatoms. The maximum atomic E-state index is 13.0. The number of aliphatic hydroxyl groups is 2. The van der Waals surface area contributed by atoms with Crippen molar-refractivity contribution in [2.24, 2.45) is 22.7 Å². The van der Waals surface area contributed by atoms with Crippen molar-refractivity contribution in [3.8, 4) is 5.75 Å². The highest BCUT2D eigenvalue weighted by Gasteiger charge is 2.69. The summed E-state index contributed by atoms with van der Waals surface area (Å²) in [5, 5.41) is 30.5. The third-order valence-electron chi connectivity index (χ3n) is 9.91. The molecule has 0 aromatic heterocycles. The van der Waals surface area contributed by atoms with Crippen LogP contribution in [-0.4, -0.2) is 39.4 Å². The van der Waals surface area contributed by atoms with Gasteiger partial charge >= 0.3 is 12.4 Å². The normalized spacial score (nSPS) is 34.0. The average molecular weight is 535 g/mol. The van der Waals surface area contributed by atoms with Crippen molar-refractivity contribution >= 4 is 0 Å². The molecule has 0 unspecified atom stereocenters. The number of halogens is 6. The third kappa shape index (κ3) is 4.48. The van der Waals surface area contributed by atoms with E-state index in [4.69, 9.17) is 0 Å². The lowest BCUT2D eigenvalue weighted by Crippen LogP contribution is -2.56. The summed E-state index contributed by atoms with van der Waals surface area (Å²) in [4.78, 5) is 0. The lowest BCUT2D eigenvalue weighted by Gasteiger charge is -2.60. The molecule has 3 N–H and O–H groups in total. The molecule has 2 saturated carbocycles. The summed E-state index contributed by atoms with van der Waals surface area (Å²) in [6.45, 7) is 6.31. The fraction of sp³-hybridized carbons (Fsp3) is 0.714. The topological polar surface area (TPSA) is 60.7 Å². The zero-order valence-corrected chi connectivity index (χ0v) is 21.0. The number of aromatic hydroxyl groups is 1. The van der Waals surface area contributed by atoms with Crippen molar-refractivity contribution in [2.45, 2.75) is 101 Å². The molecule has 3 aliphatic rings. The van der Waals surface area contributed by atoms with Crippen LogP contribution in [0.1, 0.15) is 81.8 Å². The molecule has 1 aromatic carbocycles. The number of phenols is 1. The summed E-state index contributed by atoms with van der Waals surface area (Å²) < 4.78 is 78.1. The maximum Gasteiger partial charge on any atom is 0.426 e. The summed E-state index contributed by atoms with van der Waals surface area (Å²) >= 11 is 0. The number of hydrogen-bond acceptors (Lipinski definition) is 3. The second-order valence-electron chi connectivity index (χ2n) is 11.7. The Kier molecular flexibility index (Phi) is 7.24. The molecule has 208 valence electrons. The smallest absolute Gasteiger partial charge is 0.426 e. The van der Waals surface area contributed by atoms with E-state index in [2.05, 4.69) is 13.5 Å². The van der Waals surface area contributed by atoms with Gasteiger partial charge in [-0.25, -0.2) is 0 Å². The van der Waals surface area contributed by atoms with Gasteiger partial charge in [0.25, 0.3) is 5.60 Å². The van der Waals surface area contributed by atoms with Crippen molar-refractivity contribution in [1.29, 1.82) is 0 Å². The molecule has 0 amide bonds. The lowest BCUT2D eigenvalue weighted by molar-refractivity contribution is -0.370. The van der Waals surface area contributed by atoms with Gasteiger partial charge in [0.1, 0.15) is 5.75 Å². The van der Waals surface area contributed by atoms with Crippen LogP contribution in [0.3, 0.4) is 0 Å². The van der Waals surface area contributed by atoms with Crippen molar-refractivity contribution in [3.05, 3.63) is 42.0 Å². The number of benzene rings is 1. The second-order valence-corrected chi connectivity index (χ2v) is 11.7. The molecule has 0 bridgehead atoms. The fourth-order valence-corrected chi connectivity index (χ4v) is 8.10. The molecular formula is C28H36F6O3. The maximum absolute atomic E-state index is 13.0. The monoisotopic (exact) mass is 534 g/mol. The number of allylic oxidation sites excluding steroid dienone is 1. The Morgan fingerprint density at radius 2 is 1.73 bits per heavy atom. The highest BCUT2D eigenvalue weighted by atomic mass is 19.4. The Balaban J connectivity index is 1.56. The van der Waals surface area contributed by atoms with E-state index in [1.807, 2.05) is 12.1 Å². The van der Waals surface area contributed by atoms with Crippen LogP contribution in [0.25, 0.3) is 0 Å². The van der Waals surface area contributed by atoms with Crippen LogP contribution in [0.4, 0.5) is 26.3 Å².